The maximum absolute atomic E-state index is 11.5. The smallest absolute Gasteiger partial charge is 0.313 e. The molecule has 0 saturated heterocycles. The highest BCUT2D eigenvalue weighted by Gasteiger charge is 2.28. The number of hydrogen-bond donors (Lipinski definition) is 1. The standard InChI is InChI=1S/C11H15NO2.C10H13NO2/c1-12-6-8-4-3-5-9(10(8)7-12)11(13)14-2;1-11-5-7-3-2-4-8(10(12)13)9(7)6-11/h6-7,9H,3-5H2,1-2H3;5-6,8H,2-4H2,1H3,(H,12,13). The first-order chi connectivity index (χ1) is 12.9. The van der Waals surface area contributed by atoms with E-state index in [0.29, 0.717) is 0 Å². The number of rotatable bonds is 2. The molecular weight excluding hydrogens is 344 g/mol. The Bertz CT molecular complexity index is 833. The fourth-order valence-corrected chi connectivity index (χ4v) is 4.31. The minimum Gasteiger partial charge on any atom is -0.481 e. The molecule has 2 heterocycles. The van der Waals surface area contributed by atoms with E-state index in [-0.39, 0.29) is 17.8 Å². The van der Waals surface area contributed by atoms with Crippen LogP contribution in [-0.2, 0) is 41.3 Å². The molecule has 2 aliphatic carbocycles. The van der Waals surface area contributed by atoms with E-state index in [9.17, 15) is 9.59 Å². The van der Waals surface area contributed by atoms with E-state index in [2.05, 4.69) is 6.20 Å². The third-order valence-electron chi connectivity index (χ3n) is 5.56. The highest BCUT2D eigenvalue weighted by molar-refractivity contribution is 5.79. The zero-order valence-electron chi connectivity index (χ0n) is 16.3. The second kappa shape index (κ2) is 8.03. The number of aliphatic carboxylic acids is 1. The summed E-state index contributed by atoms with van der Waals surface area (Å²) in [5.74, 6) is -1.10. The summed E-state index contributed by atoms with van der Waals surface area (Å²) in [7, 11) is 5.39. The van der Waals surface area contributed by atoms with Gasteiger partial charge in [0, 0.05) is 38.9 Å². The SMILES string of the molecule is COC(=O)C1CCCc2cn(C)cc21.Cn1cc2c(c1)C(C(=O)O)CCC2. The van der Waals surface area contributed by atoms with E-state index in [4.69, 9.17) is 9.84 Å². The van der Waals surface area contributed by atoms with Crippen LogP contribution in [0.25, 0.3) is 0 Å². The van der Waals surface area contributed by atoms with Crippen molar-refractivity contribution in [3.8, 4) is 0 Å². The van der Waals surface area contributed by atoms with Crippen molar-refractivity contribution in [2.75, 3.05) is 7.11 Å². The van der Waals surface area contributed by atoms with Gasteiger partial charge in [0.05, 0.1) is 18.9 Å². The van der Waals surface area contributed by atoms with Gasteiger partial charge < -0.3 is 19.0 Å². The molecule has 0 aliphatic heterocycles. The van der Waals surface area contributed by atoms with Crippen LogP contribution in [0.5, 0.6) is 0 Å². The number of carbonyl (C=O) groups is 2. The van der Waals surface area contributed by atoms with Gasteiger partial charge in [-0.25, -0.2) is 0 Å². The molecule has 0 amide bonds. The van der Waals surface area contributed by atoms with Crippen molar-refractivity contribution in [3.63, 3.8) is 0 Å². The Morgan fingerprint density at radius 1 is 0.926 bits per heavy atom. The Morgan fingerprint density at radius 2 is 1.41 bits per heavy atom. The molecule has 6 heteroatoms. The number of methoxy groups -OCH3 is 1. The van der Waals surface area contributed by atoms with Crippen LogP contribution in [0.1, 0.15) is 59.8 Å². The number of ether oxygens (including phenoxy) is 1. The van der Waals surface area contributed by atoms with Gasteiger partial charge >= 0.3 is 11.9 Å². The van der Waals surface area contributed by atoms with Crippen molar-refractivity contribution in [2.45, 2.75) is 50.4 Å². The molecular formula is C21H28N2O4. The van der Waals surface area contributed by atoms with Crippen molar-refractivity contribution in [3.05, 3.63) is 47.0 Å². The number of fused-ring (bicyclic) bond motifs is 2. The Labute approximate surface area is 159 Å². The molecule has 27 heavy (non-hydrogen) atoms. The quantitative estimate of drug-likeness (QED) is 0.822. The van der Waals surface area contributed by atoms with Gasteiger partial charge in [-0.3, -0.25) is 9.59 Å². The molecule has 2 aromatic heterocycles. The lowest BCUT2D eigenvalue weighted by atomic mass is 9.86. The normalized spacial score (nSPS) is 20.7. The molecule has 0 aromatic carbocycles. The van der Waals surface area contributed by atoms with Crippen LogP contribution in [0.15, 0.2) is 24.8 Å². The molecule has 146 valence electrons. The predicted molar refractivity (Wildman–Crippen MR) is 102 cm³/mol. The second-order valence-electron chi connectivity index (χ2n) is 7.56. The van der Waals surface area contributed by atoms with Gasteiger partial charge in [-0.05, 0) is 60.8 Å². The van der Waals surface area contributed by atoms with E-state index in [1.807, 2.05) is 41.8 Å². The molecule has 2 aliphatic rings. The molecule has 0 saturated carbocycles. The Morgan fingerprint density at radius 3 is 1.89 bits per heavy atom. The average molecular weight is 372 g/mol. The second-order valence-corrected chi connectivity index (χ2v) is 7.56. The number of hydrogen-bond acceptors (Lipinski definition) is 3. The lowest BCUT2D eigenvalue weighted by Gasteiger charge is -2.19. The van der Waals surface area contributed by atoms with E-state index < -0.39 is 5.97 Å². The van der Waals surface area contributed by atoms with E-state index in [1.165, 1.54) is 18.2 Å². The van der Waals surface area contributed by atoms with Crippen molar-refractivity contribution in [1.82, 2.24) is 9.13 Å². The minimum absolute atomic E-state index is 0.0371. The summed E-state index contributed by atoms with van der Waals surface area (Å²) in [6.45, 7) is 0. The van der Waals surface area contributed by atoms with Crippen LogP contribution in [-0.4, -0.2) is 33.3 Å². The monoisotopic (exact) mass is 372 g/mol. The summed E-state index contributed by atoms with van der Waals surface area (Å²) in [5.41, 5.74) is 4.68. The number of aryl methyl sites for hydroxylation is 4. The van der Waals surface area contributed by atoms with Gasteiger partial charge in [0.2, 0.25) is 0 Å². The molecule has 0 bridgehead atoms. The van der Waals surface area contributed by atoms with E-state index in [1.54, 1.807) is 0 Å². The van der Waals surface area contributed by atoms with Crippen molar-refractivity contribution in [2.24, 2.45) is 14.1 Å². The summed E-state index contributed by atoms with van der Waals surface area (Å²) in [6, 6.07) is 0. The number of aromatic nitrogens is 2. The Hall–Kier alpha value is -2.50. The zero-order chi connectivity index (χ0) is 19.6. The summed E-state index contributed by atoms with van der Waals surface area (Å²) in [5, 5.41) is 8.99. The topological polar surface area (TPSA) is 73.5 Å². The van der Waals surface area contributed by atoms with Crippen molar-refractivity contribution < 1.29 is 19.4 Å². The predicted octanol–water partition coefficient (Wildman–Crippen LogP) is 3.15. The maximum atomic E-state index is 11.5. The zero-order valence-corrected chi connectivity index (χ0v) is 16.3. The highest BCUT2D eigenvalue weighted by Crippen LogP contribution is 2.33. The van der Waals surface area contributed by atoms with Crippen LogP contribution in [0.3, 0.4) is 0 Å². The molecule has 0 spiro atoms. The molecule has 2 atom stereocenters. The number of carboxylic acids is 1. The van der Waals surface area contributed by atoms with Gasteiger partial charge in [0.1, 0.15) is 0 Å². The van der Waals surface area contributed by atoms with Gasteiger partial charge in [0.25, 0.3) is 0 Å². The molecule has 0 radical (unpaired) electrons. The average Bonchev–Trinajstić information content (AvgIpc) is 3.21. The van der Waals surface area contributed by atoms with E-state index >= 15 is 0 Å². The van der Waals surface area contributed by atoms with Crippen LogP contribution in [0.2, 0.25) is 0 Å². The van der Waals surface area contributed by atoms with Crippen molar-refractivity contribution in [1.29, 1.82) is 0 Å². The molecule has 2 unspecified atom stereocenters. The molecule has 4 rings (SSSR count). The minimum atomic E-state index is -0.688. The first-order valence-electron chi connectivity index (χ1n) is 9.50. The van der Waals surface area contributed by atoms with Crippen LogP contribution < -0.4 is 0 Å². The van der Waals surface area contributed by atoms with Gasteiger partial charge in [-0.15, -0.1) is 0 Å². The molecule has 6 nitrogen and oxygen atoms in total. The lowest BCUT2D eigenvalue weighted by molar-refractivity contribution is -0.143. The largest absolute Gasteiger partial charge is 0.481 e. The lowest BCUT2D eigenvalue weighted by Crippen LogP contribution is -2.18. The Kier molecular flexibility index (Phi) is 5.73. The number of carbonyl (C=O) groups excluding carboxylic acids is 1. The summed E-state index contributed by atoms with van der Waals surface area (Å²) < 4.78 is 8.78. The van der Waals surface area contributed by atoms with Crippen LogP contribution >= 0.6 is 0 Å². The number of carboxylic acid groups (broad SMARTS) is 1. The first-order valence-corrected chi connectivity index (χ1v) is 9.50. The van der Waals surface area contributed by atoms with Crippen molar-refractivity contribution >= 4 is 11.9 Å². The number of nitrogens with zero attached hydrogens (tertiary/aromatic N) is 2. The first kappa shape index (κ1) is 19.3. The summed E-state index contributed by atoms with van der Waals surface area (Å²) in [6.07, 6.45) is 14.0. The third-order valence-corrected chi connectivity index (χ3v) is 5.56. The summed E-state index contributed by atoms with van der Waals surface area (Å²) >= 11 is 0. The molecule has 2 aromatic rings. The van der Waals surface area contributed by atoms with Crippen LogP contribution in [0, 0.1) is 0 Å². The van der Waals surface area contributed by atoms with Gasteiger partial charge in [0.15, 0.2) is 0 Å². The molecule has 1 N–H and O–H groups in total. The fourth-order valence-electron chi connectivity index (χ4n) is 4.31. The molecule has 0 fully saturated rings. The Balaban J connectivity index is 0.000000156. The van der Waals surface area contributed by atoms with Gasteiger partial charge in [-0.2, -0.15) is 0 Å². The fraction of sp³-hybridized carbons (Fsp3) is 0.524. The number of esters is 1. The highest BCUT2D eigenvalue weighted by atomic mass is 16.5. The summed E-state index contributed by atoms with van der Waals surface area (Å²) in [4.78, 5) is 22.4. The third kappa shape index (κ3) is 4.10. The van der Waals surface area contributed by atoms with E-state index in [0.717, 1.165) is 49.7 Å². The maximum Gasteiger partial charge on any atom is 0.313 e. The van der Waals surface area contributed by atoms with Gasteiger partial charge in [-0.1, -0.05) is 0 Å². The van der Waals surface area contributed by atoms with Crippen LogP contribution in [0.4, 0.5) is 0 Å².